The number of fused-ring (bicyclic) bond motifs is 1. The van der Waals surface area contributed by atoms with Crippen molar-refractivity contribution in [2.75, 3.05) is 37.8 Å². The number of aromatic nitrogens is 4. The smallest absolute Gasteiger partial charge is 0.386 e. The first kappa shape index (κ1) is 47.9. The van der Waals surface area contributed by atoms with Gasteiger partial charge in [-0.15, -0.1) is 0 Å². The molecule has 1 saturated heterocycles. The molecular formula is C27H46N7O18P3S. The summed E-state index contributed by atoms with van der Waals surface area (Å²) in [5, 5.41) is 35.6. The quantitative estimate of drug-likeness (QED) is 0.0483. The number of aliphatic hydroxyl groups excluding tert-OH is 3. The lowest BCUT2D eigenvalue weighted by atomic mass is 9.87. The average molecular weight is 882 g/mol. The number of phosphoric ester groups is 3. The number of hydrogen-bond donors (Lipinski definition) is 10. The summed E-state index contributed by atoms with van der Waals surface area (Å²) >= 11 is 0.879. The van der Waals surface area contributed by atoms with Crippen LogP contribution in [0, 0.1) is 5.41 Å². The highest BCUT2D eigenvalue weighted by Crippen LogP contribution is 2.61. The Kier molecular flexibility index (Phi) is 17.5. The second kappa shape index (κ2) is 20.5. The molecule has 29 heteroatoms. The van der Waals surface area contributed by atoms with Gasteiger partial charge in [-0.05, 0) is 6.42 Å². The molecule has 3 unspecified atom stereocenters. The Morgan fingerprint density at radius 2 is 1.73 bits per heavy atom. The molecule has 2 aromatic heterocycles. The molecule has 25 nitrogen and oxygen atoms in total. The summed E-state index contributed by atoms with van der Waals surface area (Å²) in [6.07, 6.45) is -6.19. The van der Waals surface area contributed by atoms with E-state index in [-0.39, 0.29) is 42.2 Å². The SMILES string of the molecule is CCCCC(O)C(=O)SCCNC(=O)CCNC(=O)[C@H](O)C(C)(C)COP(=O)(O)OP(=O)(O)OC[C@H]1O[C@@H](n2cnc3c(N)ncnc32)[C@H](O)[C@@H]1OP(=O)(O)O. The van der Waals surface area contributed by atoms with Crippen LogP contribution >= 0.6 is 35.2 Å². The van der Waals surface area contributed by atoms with E-state index in [4.69, 9.17) is 19.5 Å². The second-order valence-electron chi connectivity index (χ2n) is 12.9. The molecule has 0 bridgehead atoms. The topological polar surface area (TPSA) is 384 Å². The number of carbonyl (C=O) groups excluding carboxylic acids is 3. The molecule has 1 aliphatic heterocycles. The Morgan fingerprint density at radius 3 is 2.39 bits per heavy atom. The van der Waals surface area contributed by atoms with Gasteiger partial charge in [0.2, 0.25) is 16.9 Å². The first-order valence-corrected chi connectivity index (χ1v) is 22.2. The molecule has 11 N–H and O–H groups in total. The third kappa shape index (κ3) is 14.4. The maximum absolute atomic E-state index is 12.7. The minimum absolute atomic E-state index is 0.0259. The number of anilines is 1. The number of ether oxygens (including phenoxy) is 1. The van der Waals surface area contributed by atoms with Gasteiger partial charge in [0, 0.05) is 30.7 Å². The normalized spacial score (nSPS) is 22.2. The predicted molar refractivity (Wildman–Crippen MR) is 193 cm³/mol. The third-order valence-electron chi connectivity index (χ3n) is 7.85. The molecule has 8 atom stereocenters. The minimum atomic E-state index is -5.58. The van der Waals surface area contributed by atoms with Crippen LogP contribution < -0.4 is 16.4 Å². The Balaban J connectivity index is 1.48. The molecule has 2 amide bonds. The van der Waals surface area contributed by atoms with E-state index in [9.17, 15) is 63.0 Å². The number of carbonyl (C=O) groups is 3. The van der Waals surface area contributed by atoms with E-state index in [1.165, 1.54) is 13.8 Å². The summed E-state index contributed by atoms with van der Waals surface area (Å²) in [7, 11) is -16.4. The van der Waals surface area contributed by atoms with E-state index in [2.05, 4.69) is 34.4 Å². The van der Waals surface area contributed by atoms with Gasteiger partial charge < -0.3 is 56.0 Å². The number of imidazole rings is 1. The van der Waals surface area contributed by atoms with Crippen LogP contribution in [0.25, 0.3) is 11.2 Å². The van der Waals surface area contributed by atoms with Gasteiger partial charge in [0.25, 0.3) is 0 Å². The summed E-state index contributed by atoms with van der Waals surface area (Å²) < 4.78 is 62.0. The van der Waals surface area contributed by atoms with Crippen molar-refractivity contribution >= 4 is 69.1 Å². The Labute approximate surface area is 323 Å². The maximum Gasteiger partial charge on any atom is 0.481 e. The fraction of sp³-hybridized carbons (Fsp3) is 0.704. The van der Waals surface area contributed by atoms with Gasteiger partial charge >= 0.3 is 23.5 Å². The number of thioether (sulfide) groups is 1. The number of amides is 2. The molecule has 3 rings (SSSR count). The summed E-state index contributed by atoms with van der Waals surface area (Å²) in [4.78, 5) is 87.4. The summed E-state index contributed by atoms with van der Waals surface area (Å²) in [6, 6.07) is 0. The summed E-state index contributed by atoms with van der Waals surface area (Å²) in [5.74, 6) is -1.31. The van der Waals surface area contributed by atoms with Crippen LogP contribution in [0.5, 0.6) is 0 Å². The molecule has 1 aliphatic rings. The van der Waals surface area contributed by atoms with E-state index in [1.54, 1.807) is 0 Å². The van der Waals surface area contributed by atoms with Crippen molar-refractivity contribution in [1.82, 2.24) is 30.2 Å². The first-order chi connectivity index (χ1) is 26.0. The van der Waals surface area contributed by atoms with Crippen molar-refractivity contribution in [2.24, 2.45) is 5.41 Å². The van der Waals surface area contributed by atoms with Crippen molar-refractivity contribution in [3.8, 4) is 0 Å². The van der Waals surface area contributed by atoms with Crippen LogP contribution in [0.3, 0.4) is 0 Å². The van der Waals surface area contributed by atoms with Crippen molar-refractivity contribution in [3.63, 3.8) is 0 Å². The van der Waals surface area contributed by atoms with Gasteiger partial charge in [0.05, 0.1) is 19.5 Å². The monoisotopic (exact) mass is 881 g/mol. The van der Waals surface area contributed by atoms with Crippen LogP contribution in [0.15, 0.2) is 12.7 Å². The van der Waals surface area contributed by atoms with Gasteiger partial charge in [-0.1, -0.05) is 45.4 Å². The Morgan fingerprint density at radius 1 is 1.05 bits per heavy atom. The predicted octanol–water partition coefficient (Wildman–Crippen LogP) is -0.784. The zero-order valence-electron chi connectivity index (χ0n) is 30.2. The van der Waals surface area contributed by atoms with Gasteiger partial charge in [-0.25, -0.2) is 28.6 Å². The fourth-order valence-electron chi connectivity index (χ4n) is 4.89. The first-order valence-electron chi connectivity index (χ1n) is 16.7. The molecule has 318 valence electrons. The van der Waals surface area contributed by atoms with Gasteiger partial charge in [0.15, 0.2) is 17.7 Å². The minimum Gasteiger partial charge on any atom is -0.386 e. The fourth-order valence-corrected chi connectivity index (χ4v) is 8.44. The van der Waals surface area contributed by atoms with Crippen molar-refractivity contribution < 1.29 is 85.6 Å². The molecule has 0 radical (unpaired) electrons. The van der Waals surface area contributed by atoms with Gasteiger partial charge in [-0.2, -0.15) is 4.31 Å². The molecular weight excluding hydrogens is 835 g/mol. The highest BCUT2D eigenvalue weighted by molar-refractivity contribution is 8.13. The van der Waals surface area contributed by atoms with Gasteiger partial charge in [0.1, 0.15) is 42.4 Å². The maximum atomic E-state index is 12.7. The number of phosphoric acid groups is 3. The van der Waals surface area contributed by atoms with Gasteiger partial charge in [-0.3, -0.25) is 32.5 Å². The summed E-state index contributed by atoms with van der Waals surface area (Å²) in [5.41, 5.74) is 4.23. The molecule has 0 aromatic carbocycles. The van der Waals surface area contributed by atoms with Crippen LogP contribution in [-0.2, 0) is 50.7 Å². The lowest BCUT2D eigenvalue weighted by molar-refractivity contribution is -0.137. The summed E-state index contributed by atoms with van der Waals surface area (Å²) in [6.45, 7) is 2.26. The van der Waals surface area contributed by atoms with Crippen LogP contribution in [-0.4, -0.2) is 134 Å². The number of nitrogen functional groups attached to an aromatic ring is 1. The van der Waals surface area contributed by atoms with Crippen molar-refractivity contribution in [3.05, 3.63) is 12.7 Å². The number of nitrogens with one attached hydrogen (secondary N) is 2. The highest BCUT2D eigenvalue weighted by Gasteiger charge is 2.50. The largest absolute Gasteiger partial charge is 0.481 e. The number of nitrogens with two attached hydrogens (primary N) is 1. The van der Waals surface area contributed by atoms with Crippen molar-refractivity contribution in [2.45, 2.75) is 83.2 Å². The molecule has 2 aromatic rings. The lowest BCUT2D eigenvalue weighted by Crippen LogP contribution is -2.46. The zero-order chi connectivity index (χ0) is 42.1. The third-order valence-corrected chi connectivity index (χ3v) is 11.9. The Bertz CT molecular complexity index is 1820. The number of unbranched alkanes of at least 4 members (excludes halogenated alkanes) is 1. The van der Waals surface area contributed by atoms with E-state index in [1.807, 2.05) is 6.92 Å². The standard InChI is InChI=1S/C27H46N7O18P3S/c1-4-5-6-15(35)26(40)56-10-9-29-17(36)7-8-30-24(39)21(38)27(2,3)12-49-55(46,47)52-54(44,45)48-11-16-20(51-53(41,42)43)19(37)25(50-16)34-14-33-18-22(28)31-13-32-23(18)34/h13-16,19-21,25,35,37-38H,4-12H2,1-3H3,(H,29,36)(H,30,39)(H,44,45)(H,46,47)(H2,28,31,32)(H2,41,42,43)/t15?,16-,19-,20-,21+,25-/m1/s1. The number of aliphatic hydroxyl groups is 3. The van der Waals surface area contributed by atoms with Crippen LogP contribution in [0.1, 0.15) is 52.7 Å². The van der Waals surface area contributed by atoms with E-state index in [0.29, 0.717) is 12.8 Å². The lowest BCUT2D eigenvalue weighted by Gasteiger charge is -2.30. The molecule has 0 spiro atoms. The van der Waals surface area contributed by atoms with Crippen LogP contribution in [0.4, 0.5) is 5.82 Å². The van der Waals surface area contributed by atoms with E-state index in [0.717, 1.165) is 35.4 Å². The van der Waals surface area contributed by atoms with E-state index >= 15 is 0 Å². The molecule has 3 heterocycles. The second-order valence-corrected chi connectivity index (χ2v) is 18.2. The molecule has 1 fully saturated rings. The zero-order valence-corrected chi connectivity index (χ0v) is 33.7. The van der Waals surface area contributed by atoms with E-state index < -0.39 is 95.8 Å². The van der Waals surface area contributed by atoms with Crippen LogP contribution in [0.2, 0.25) is 0 Å². The number of rotatable bonds is 23. The number of hydrogen-bond acceptors (Lipinski definition) is 19. The van der Waals surface area contributed by atoms with Crippen molar-refractivity contribution in [1.29, 1.82) is 0 Å². The Hall–Kier alpha value is -2.48. The highest BCUT2D eigenvalue weighted by atomic mass is 32.2. The number of nitrogens with zero attached hydrogens (tertiary/aromatic N) is 4. The molecule has 0 aliphatic carbocycles. The molecule has 0 saturated carbocycles. The average Bonchev–Trinajstić information content (AvgIpc) is 3.66. The molecule has 56 heavy (non-hydrogen) atoms.